The summed E-state index contributed by atoms with van der Waals surface area (Å²) in [5.74, 6) is -0.0894. The van der Waals surface area contributed by atoms with Crippen LogP contribution in [0, 0.1) is 0 Å². The third-order valence-corrected chi connectivity index (χ3v) is 4.20. The van der Waals surface area contributed by atoms with E-state index in [9.17, 15) is 14.4 Å². The summed E-state index contributed by atoms with van der Waals surface area (Å²) in [7, 11) is 2.89. The molecule has 0 spiro atoms. The van der Waals surface area contributed by atoms with Crippen molar-refractivity contribution in [3.05, 3.63) is 59.7 Å². The molecule has 148 valence electrons. The predicted molar refractivity (Wildman–Crippen MR) is 105 cm³/mol. The zero-order valence-corrected chi connectivity index (χ0v) is 16.2. The van der Waals surface area contributed by atoms with E-state index in [1.165, 1.54) is 14.0 Å². The number of carbonyl (C=O) groups is 3. The lowest BCUT2D eigenvalue weighted by molar-refractivity contribution is -0.129. The Balaban J connectivity index is 1.93. The Labute approximate surface area is 164 Å². The van der Waals surface area contributed by atoms with Gasteiger partial charge in [-0.3, -0.25) is 9.59 Å². The highest BCUT2D eigenvalue weighted by Gasteiger charge is 2.14. The molecule has 0 saturated heterocycles. The number of methoxy groups -OCH3 is 2. The van der Waals surface area contributed by atoms with E-state index in [-0.39, 0.29) is 24.8 Å². The van der Waals surface area contributed by atoms with Crippen molar-refractivity contribution in [3.8, 4) is 5.75 Å². The molecule has 7 nitrogen and oxygen atoms in total. The minimum Gasteiger partial charge on any atom is -0.496 e. The molecule has 0 heterocycles. The van der Waals surface area contributed by atoms with Crippen molar-refractivity contribution >= 4 is 23.5 Å². The van der Waals surface area contributed by atoms with E-state index in [2.05, 4.69) is 10.1 Å². The van der Waals surface area contributed by atoms with Gasteiger partial charge in [-0.25, -0.2) is 4.79 Å². The Morgan fingerprint density at radius 1 is 1.00 bits per heavy atom. The fraction of sp³-hybridized carbons (Fsp3) is 0.286. The SMILES string of the molecule is COC(=O)c1ccc(NC(=O)CCN(Cc2ccccc2OC)C(C)=O)cc1. The van der Waals surface area contributed by atoms with Crippen LogP contribution < -0.4 is 10.1 Å². The van der Waals surface area contributed by atoms with Crippen LogP contribution in [0.15, 0.2) is 48.5 Å². The van der Waals surface area contributed by atoms with Gasteiger partial charge in [-0.2, -0.15) is 0 Å². The Bertz CT molecular complexity index is 833. The number of esters is 1. The molecule has 2 aromatic carbocycles. The van der Waals surface area contributed by atoms with Crippen molar-refractivity contribution in [2.75, 3.05) is 26.1 Å². The van der Waals surface area contributed by atoms with Crippen LogP contribution in [-0.4, -0.2) is 43.4 Å². The molecule has 0 aliphatic rings. The van der Waals surface area contributed by atoms with E-state index in [4.69, 9.17) is 4.74 Å². The van der Waals surface area contributed by atoms with Gasteiger partial charge in [0.1, 0.15) is 5.75 Å². The molecular formula is C21H24N2O5. The first-order valence-electron chi connectivity index (χ1n) is 8.80. The fourth-order valence-electron chi connectivity index (χ4n) is 2.65. The maximum atomic E-state index is 12.2. The molecule has 0 bridgehead atoms. The molecular weight excluding hydrogens is 360 g/mol. The first-order valence-corrected chi connectivity index (χ1v) is 8.80. The number of nitrogens with zero attached hydrogens (tertiary/aromatic N) is 1. The van der Waals surface area contributed by atoms with Gasteiger partial charge in [0.25, 0.3) is 0 Å². The van der Waals surface area contributed by atoms with Crippen LogP contribution in [0.25, 0.3) is 0 Å². The highest BCUT2D eigenvalue weighted by molar-refractivity contribution is 5.93. The van der Waals surface area contributed by atoms with Crippen LogP contribution in [0.5, 0.6) is 5.75 Å². The second-order valence-corrected chi connectivity index (χ2v) is 6.12. The number of anilines is 1. The molecule has 0 saturated carbocycles. The van der Waals surface area contributed by atoms with Crippen LogP contribution in [0.1, 0.15) is 29.3 Å². The molecule has 2 amide bonds. The molecule has 7 heteroatoms. The molecule has 0 aliphatic heterocycles. The molecule has 2 rings (SSSR count). The average molecular weight is 384 g/mol. The van der Waals surface area contributed by atoms with Gasteiger partial charge in [0, 0.05) is 37.7 Å². The normalized spacial score (nSPS) is 10.1. The minimum atomic E-state index is -0.439. The van der Waals surface area contributed by atoms with Crippen molar-refractivity contribution in [1.29, 1.82) is 0 Å². The zero-order chi connectivity index (χ0) is 20.5. The smallest absolute Gasteiger partial charge is 0.337 e. The number of benzene rings is 2. The van der Waals surface area contributed by atoms with Gasteiger partial charge in [0.15, 0.2) is 0 Å². The number of hydrogen-bond donors (Lipinski definition) is 1. The van der Waals surface area contributed by atoms with Crippen molar-refractivity contribution in [2.45, 2.75) is 19.9 Å². The summed E-state index contributed by atoms with van der Waals surface area (Å²) < 4.78 is 9.95. The van der Waals surface area contributed by atoms with E-state index in [1.807, 2.05) is 24.3 Å². The van der Waals surface area contributed by atoms with E-state index < -0.39 is 5.97 Å². The maximum absolute atomic E-state index is 12.2. The summed E-state index contributed by atoms with van der Waals surface area (Å²) in [6.45, 7) is 2.11. The highest BCUT2D eigenvalue weighted by atomic mass is 16.5. The molecule has 0 aliphatic carbocycles. The second-order valence-electron chi connectivity index (χ2n) is 6.12. The first kappa shape index (κ1) is 21.0. The lowest BCUT2D eigenvalue weighted by Gasteiger charge is -2.22. The summed E-state index contributed by atoms with van der Waals surface area (Å²) in [6.07, 6.45) is 0.146. The number of nitrogens with one attached hydrogen (secondary N) is 1. The molecule has 0 unspecified atom stereocenters. The zero-order valence-electron chi connectivity index (χ0n) is 16.2. The molecule has 0 fully saturated rings. The van der Waals surface area contributed by atoms with Crippen molar-refractivity contribution in [3.63, 3.8) is 0 Å². The quantitative estimate of drug-likeness (QED) is 0.708. The Morgan fingerprint density at radius 2 is 1.68 bits per heavy atom. The van der Waals surface area contributed by atoms with E-state index in [0.717, 1.165) is 5.56 Å². The lowest BCUT2D eigenvalue weighted by Crippen LogP contribution is -2.31. The lowest BCUT2D eigenvalue weighted by atomic mass is 10.1. The number of hydrogen-bond acceptors (Lipinski definition) is 5. The number of carbonyl (C=O) groups excluding carboxylic acids is 3. The van der Waals surface area contributed by atoms with E-state index in [0.29, 0.717) is 23.5 Å². The highest BCUT2D eigenvalue weighted by Crippen LogP contribution is 2.19. The third kappa shape index (κ3) is 5.84. The fourth-order valence-corrected chi connectivity index (χ4v) is 2.65. The van der Waals surface area contributed by atoms with Gasteiger partial charge in [-0.15, -0.1) is 0 Å². The van der Waals surface area contributed by atoms with E-state index >= 15 is 0 Å². The number of ether oxygens (including phenoxy) is 2. The topological polar surface area (TPSA) is 84.9 Å². The van der Waals surface area contributed by atoms with Gasteiger partial charge < -0.3 is 19.7 Å². The minimum absolute atomic E-state index is 0.124. The van der Waals surface area contributed by atoms with Gasteiger partial charge in [-0.1, -0.05) is 18.2 Å². The van der Waals surface area contributed by atoms with E-state index in [1.54, 1.807) is 36.3 Å². The molecule has 0 aromatic heterocycles. The largest absolute Gasteiger partial charge is 0.496 e. The molecule has 28 heavy (non-hydrogen) atoms. The van der Waals surface area contributed by atoms with Crippen LogP contribution in [0.4, 0.5) is 5.69 Å². The van der Waals surface area contributed by atoms with Gasteiger partial charge >= 0.3 is 5.97 Å². The van der Waals surface area contributed by atoms with Crippen LogP contribution in [0.2, 0.25) is 0 Å². The molecule has 0 atom stereocenters. The van der Waals surface area contributed by atoms with Crippen LogP contribution >= 0.6 is 0 Å². The Kier molecular flexibility index (Phi) is 7.56. The third-order valence-electron chi connectivity index (χ3n) is 4.20. The number of amides is 2. The van der Waals surface area contributed by atoms with Crippen molar-refractivity contribution in [1.82, 2.24) is 4.90 Å². The second kappa shape index (κ2) is 10.1. The van der Waals surface area contributed by atoms with Crippen LogP contribution in [-0.2, 0) is 20.9 Å². The van der Waals surface area contributed by atoms with Gasteiger partial charge in [0.05, 0.1) is 19.8 Å². The monoisotopic (exact) mass is 384 g/mol. The summed E-state index contributed by atoms with van der Waals surface area (Å²) in [4.78, 5) is 37.2. The van der Waals surface area contributed by atoms with Gasteiger partial charge in [-0.05, 0) is 30.3 Å². The predicted octanol–water partition coefficient (Wildman–Crippen LogP) is 2.86. The average Bonchev–Trinajstić information content (AvgIpc) is 2.71. The van der Waals surface area contributed by atoms with Crippen molar-refractivity contribution in [2.24, 2.45) is 0 Å². The summed E-state index contributed by atoms with van der Waals surface area (Å²) >= 11 is 0. The maximum Gasteiger partial charge on any atom is 0.337 e. The Hall–Kier alpha value is -3.35. The standard InChI is InChI=1S/C21H24N2O5/c1-15(24)23(14-17-6-4-5-7-19(17)27-2)13-12-20(25)22-18-10-8-16(9-11-18)21(26)28-3/h4-11H,12-14H2,1-3H3,(H,22,25). The summed E-state index contributed by atoms with van der Waals surface area (Å²) in [5.41, 5.74) is 1.84. The number of para-hydroxylation sites is 1. The summed E-state index contributed by atoms with van der Waals surface area (Å²) in [5, 5.41) is 2.75. The van der Waals surface area contributed by atoms with Crippen molar-refractivity contribution < 1.29 is 23.9 Å². The van der Waals surface area contributed by atoms with Crippen LogP contribution in [0.3, 0.4) is 0 Å². The first-order chi connectivity index (χ1) is 13.4. The molecule has 1 N–H and O–H groups in total. The van der Waals surface area contributed by atoms with Gasteiger partial charge in [0.2, 0.25) is 11.8 Å². The molecule has 0 radical (unpaired) electrons. The summed E-state index contributed by atoms with van der Waals surface area (Å²) in [6, 6.07) is 13.9. The Morgan fingerprint density at radius 3 is 2.29 bits per heavy atom. The molecule has 2 aromatic rings. The number of rotatable bonds is 8.